The van der Waals surface area contributed by atoms with Crippen molar-refractivity contribution < 1.29 is 4.79 Å². The molecule has 0 fully saturated rings. The third-order valence-corrected chi connectivity index (χ3v) is 5.56. The first-order valence-electron chi connectivity index (χ1n) is 7.06. The molecule has 1 aliphatic rings. The molecule has 1 aromatic heterocycles. The average Bonchev–Trinajstić information content (AvgIpc) is 2.65. The molecular formula is C16H13Cl3N2OS. The topological polar surface area (TPSA) is 33.2 Å². The van der Waals surface area contributed by atoms with Crippen molar-refractivity contribution in [2.24, 2.45) is 0 Å². The number of carbonyl (C=O) groups is 1. The maximum absolute atomic E-state index is 13.0. The molecule has 1 atom stereocenters. The fraction of sp³-hybridized carbons (Fsp3) is 0.250. The molecule has 0 unspecified atom stereocenters. The lowest BCUT2D eigenvalue weighted by atomic mass is 10.2. The number of fused-ring (bicyclic) bond motifs is 1. The van der Waals surface area contributed by atoms with E-state index in [1.807, 2.05) is 18.2 Å². The van der Waals surface area contributed by atoms with Crippen LogP contribution in [0.1, 0.15) is 23.7 Å². The summed E-state index contributed by atoms with van der Waals surface area (Å²) >= 11 is 19.8. The summed E-state index contributed by atoms with van der Waals surface area (Å²) in [6.07, 6.45) is 0.876. The molecule has 0 saturated carbocycles. The molecule has 1 aromatic carbocycles. The van der Waals surface area contributed by atoms with Crippen LogP contribution in [0.15, 0.2) is 35.2 Å². The Bertz CT molecular complexity index is 769. The van der Waals surface area contributed by atoms with Crippen LogP contribution in [0, 0.1) is 0 Å². The molecule has 120 valence electrons. The quantitative estimate of drug-likeness (QED) is 0.599. The van der Waals surface area contributed by atoms with Gasteiger partial charge in [0.25, 0.3) is 5.91 Å². The second kappa shape index (κ2) is 6.89. The molecule has 0 N–H and O–H groups in total. The molecule has 2 aromatic rings. The number of hydrogen-bond donors (Lipinski definition) is 0. The van der Waals surface area contributed by atoms with Crippen LogP contribution in [0.5, 0.6) is 0 Å². The van der Waals surface area contributed by atoms with Gasteiger partial charge in [-0.05, 0) is 36.8 Å². The van der Waals surface area contributed by atoms with Gasteiger partial charge in [0.1, 0.15) is 10.3 Å². The molecule has 2 heterocycles. The van der Waals surface area contributed by atoms with Gasteiger partial charge in [0.05, 0.1) is 11.3 Å². The number of aromatic nitrogens is 1. The van der Waals surface area contributed by atoms with E-state index in [0.717, 1.165) is 17.0 Å². The van der Waals surface area contributed by atoms with Gasteiger partial charge in [0, 0.05) is 21.7 Å². The second-order valence-electron chi connectivity index (χ2n) is 5.26. The zero-order valence-corrected chi connectivity index (χ0v) is 15.3. The molecule has 0 bridgehead atoms. The van der Waals surface area contributed by atoms with Crippen LogP contribution in [0.2, 0.25) is 15.3 Å². The summed E-state index contributed by atoms with van der Waals surface area (Å²) in [6, 6.07) is 8.77. The van der Waals surface area contributed by atoms with Gasteiger partial charge >= 0.3 is 0 Å². The number of pyridine rings is 1. The van der Waals surface area contributed by atoms with E-state index >= 15 is 0 Å². The van der Waals surface area contributed by atoms with Gasteiger partial charge in [-0.25, -0.2) is 4.98 Å². The van der Waals surface area contributed by atoms with Crippen molar-refractivity contribution in [1.29, 1.82) is 0 Å². The minimum absolute atomic E-state index is 0.107. The van der Waals surface area contributed by atoms with E-state index in [0.29, 0.717) is 22.4 Å². The highest BCUT2D eigenvalue weighted by molar-refractivity contribution is 8.00. The summed E-state index contributed by atoms with van der Waals surface area (Å²) in [5.41, 5.74) is 1.14. The van der Waals surface area contributed by atoms with Crippen molar-refractivity contribution in [2.45, 2.75) is 23.5 Å². The van der Waals surface area contributed by atoms with Gasteiger partial charge in [0.15, 0.2) is 0 Å². The monoisotopic (exact) mass is 386 g/mol. The number of benzene rings is 1. The minimum atomic E-state index is -0.197. The van der Waals surface area contributed by atoms with Crippen molar-refractivity contribution in [3.8, 4) is 0 Å². The van der Waals surface area contributed by atoms with Crippen LogP contribution < -0.4 is 4.90 Å². The lowest BCUT2D eigenvalue weighted by molar-refractivity contribution is 0.0986. The molecule has 3 nitrogen and oxygen atoms in total. The molecule has 23 heavy (non-hydrogen) atoms. The predicted octanol–water partition coefficient (Wildman–Crippen LogP) is 5.57. The van der Waals surface area contributed by atoms with Gasteiger partial charge < -0.3 is 4.90 Å². The van der Waals surface area contributed by atoms with Crippen LogP contribution in [-0.2, 0) is 0 Å². The number of rotatable bonds is 1. The Morgan fingerprint density at radius 2 is 2.04 bits per heavy atom. The highest BCUT2D eigenvalue weighted by atomic mass is 35.5. The summed E-state index contributed by atoms with van der Waals surface area (Å²) < 4.78 is 0. The van der Waals surface area contributed by atoms with E-state index in [9.17, 15) is 4.79 Å². The Kier molecular flexibility index (Phi) is 5.07. The van der Waals surface area contributed by atoms with Crippen LogP contribution >= 0.6 is 46.6 Å². The summed E-state index contributed by atoms with van der Waals surface area (Å²) in [5, 5.41) is 1.37. The Balaban J connectivity index is 2.05. The zero-order chi connectivity index (χ0) is 16.6. The summed E-state index contributed by atoms with van der Waals surface area (Å²) in [6.45, 7) is 2.74. The maximum atomic E-state index is 13.0. The number of nitrogens with zero attached hydrogens (tertiary/aromatic N) is 2. The van der Waals surface area contributed by atoms with Crippen molar-refractivity contribution in [3.05, 3.63) is 51.2 Å². The lowest BCUT2D eigenvalue weighted by Crippen LogP contribution is -2.32. The van der Waals surface area contributed by atoms with Gasteiger partial charge in [-0.2, -0.15) is 0 Å². The Morgan fingerprint density at radius 3 is 2.78 bits per heavy atom. The zero-order valence-electron chi connectivity index (χ0n) is 12.2. The fourth-order valence-electron chi connectivity index (χ4n) is 2.44. The Labute approximate surface area is 153 Å². The van der Waals surface area contributed by atoms with E-state index in [-0.39, 0.29) is 16.2 Å². The van der Waals surface area contributed by atoms with Gasteiger partial charge in [0.2, 0.25) is 0 Å². The molecule has 1 amide bonds. The Morgan fingerprint density at radius 1 is 1.26 bits per heavy atom. The van der Waals surface area contributed by atoms with E-state index in [1.165, 1.54) is 0 Å². The van der Waals surface area contributed by atoms with Crippen molar-refractivity contribution in [3.63, 3.8) is 0 Å². The van der Waals surface area contributed by atoms with Crippen LogP contribution in [0.25, 0.3) is 0 Å². The first kappa shape index (κ1) is 16.9. The number of thioether (sulfide) groups is 1. The number of anilines is 1. The third kappa shape index (κ3) is 3.61. The smallest absolute Gasteiger partial charge is 0.261 e. The SMILES string of the molecule is C[C@H]1CCN(C(=O)c2ccc(Cl)nc2Cl)c2cc(Cl)ccc2S1. The second-order valence-corrected chi connectivity index (χ2v) is 7.92. The van der Waals surface area contributed by atoms with E-state index in [2.05, 4.69) is 11.9 Å². The minimum Gasteiger partial charge on any atom is -0.307 e. The van der Waals surface area contributed by atoms with Gasteiger partial charge in [-0.15, -0.1) is 11.8 Å². The molecule has 0 aliphatic carbocycles. The molecule has 1 aliphatic heterocycles. The Hall–Kier alpha value is -0.940. The highest BCUT2D eigenvalue weighted by Crippen LogP contribution is 2.39. The van der Waals surface area contributed by atoms with Crippen LogP contribution in [-0.4, -0.2) is 22.7 Å². The van der Waals surface area contributed by atoms with Crippen LogP contribution in [0.3, 0.4) is 0 Å². The third-order valence-electron chi connectivity index (χ3n) is 3.59. The van der Waals surface area contributed by atoms with E-state index in [1.54, 1.807) is 28.8 Å². The van der Waals surface area contributed by atoms with Crippen molar-refractivity contribution in [2.75, 3.05) is 11.4 Å². The molecule has 3 rings (SSSR count). The fourth-order valence-corrected chi connectivity index (χ4v) is 4.12. The van der Waals surface area contributed by atoms with Crippen LogP contribution in [0.4, 0.5) is 5.69 Å². The predicted molar refractivity (Wildman–Crippen MR) is 97.3 cm³/mol. The molecule has 0 spiro atoms. The highest BCUT2D eigenvalue weighted by Gasteiger charge is 2.27. The lowest BCUT2D eigenvalue weighted by Gasteiger charge is -2.23. The van der Waals surface area contributed by atoms with Crippen molar-refractivity contribution >= 4 is 58.2 Å². The molecule has 0 saturated heterocycles. The summed E-state index contributed by atoms with van der Waals surface area (Å²) in [4.78, 5) is 19.7. The summed E-state index contributed by atoms with van der Waals surface area (Å²) in [7, 11) is 0. The van der Waals surface area contributed by atoms with Crippen molar-refractivity contribution in [1.82, 2.24) is 4.98 Å². The standard InChI is InChI=1S/C16H13Cl3N2OS/c1-9-6-7-21(12-8-10(17)2-4-13(12)23-9)16(22)11-3-5-14(18)20-15(11)19/h2-5,8-9H,6-7H2,1H3/t9-/m0/s1. The van der Waals surface area contributed by atoms with Gasteiger partial charge in [-0.3, -0.25) is 4.79 Å². The van der Waals surface area contributed by atoms with E-state index in [4.69, 9.17) is 34.8 Å². The average molecular weight is 388 g/mol. The largest absolute Gasteiger partial charge is 0.307 e. The maximum Gasteiger partial charge on any atom is 0.261 e. The molecular weight excluding hydrogens is 375 g/mol. The number of hydrogen-bond acceptors (Lipinski definition) is 3. The number of halogens is 3. The number of amides is 1. The van der Waals surface area contributed by atoms with Gasteiger partial charge in [-0.1, -0.05) is 41.7 Å². The number of carbonyl (C=O) groups excluding carboxylic acids is 1. The van der Waals surface area contributed by atoms with E-state index < -0.39 is 0 Å². The molecule has 0 radical (unpaired) electrons. The first-order chi connectivity index (χ1) is 11.0. The normalized spacial score (nSPS) is 17.6. The molecule has 7 heteroatoms. The first-order valence-corrected chi connectivity index (χ1v) is 9.07. The summed E-state index contributed by atoms with van der Waals surface area (Å²) in [5.74, 6) is -0.197.